The Morgan fingerprint density at radius 3 is 2.92 bits per heavy atom. The number of isothiocyanates is 1. The number of hydrogen-bond donors (Lipinski definition) is 0. The van der Waals surface area contributed by atoms with E-state index < -0.39 is 0 Å². The highest BCUT2D eigenvalue weighted by molar-refractivity contribution is 7.78. The maximum atomic E-state index is 4.46. The molecule has 0 amide bonds. The summed E-state index contributed by atoms with van der Waals surface area (Å²) in [6.45, 7) is 5.45. The largest absolute Gasteiger partial charge is 0.268 e. The molecule has 0 aliphatic heterocycles. The zero-order valence-electron chi connectivity index (χ0n) is 7.24. The lowest BCUT2D eigenvalue weighted by Crippen LogP contribution is -2.04. The first-order valence-electron chi connectivity index (χ1n) is 3.78. The van der Waals surface area contributed by atoms with E-state index in [0.717, 1.165) is 17.9 Å². The zero-order chi connectivity index (χ0) is 8.97. The van der Waals surface area contributed by atoms with Gasteiger partial charge < -0.3 is 0 Å². The van der Waals surface area contributed by atoms with Crippen molar-refractivity contribution in [3.8, 4) is 0 Å². The van der Waals surface area contributed by atoms with E-state index in [4.69, 9.17) is 0 Å². The van der Waals surface area contributed by atoms with Crippen molar-refractivity contribution in [3.63, 3.8) is 0 Å². The molecule has 4 heteroatoms. The Labute approximate surface area is 77.1 Å². The summed E-state index contributed by atoms with van der Waals surface area (Å²) in [5.41, 5.74) is 2.20. The highest BCUT2D eigenvalue weighted by Crippen LogP contribution is 2.00. The van der Waals surface area contributed by atoms with Gasteiger partial charge in [-0.1, -0.05) is 0 Å². The van der Waals surface area contributed by atoms with E-state index in [-0.39, 0.29) is 0 Å². The molecule has 0 saturated carbocycles. The van der Waals surface area contributed by atoms with E-state index in [1.807, 2.05) is 24.6 Å². The van der Waals surface area contributed by atoms with E-state index in [1.54, 1.807) is 0 Å². The summed E-state index contributed by atoms with van der Waals surface area (Å²) in [6, 6.07) is 2.04. The van der Waals surface area contributed by atoms with Crippen LogP contribution in [-0.4, -0.2) is 21.5 Å². The molecule has 0 aliphatic carbocycles. The summed E-state index contributed by atoms with van der Waals surface area (Å²) < 4.78 is 1.92. The van der Waals surface area contributed by atoms with Gasteiger partial charge in [0.25, 0.3) is 0 Å². The number of aromatic nitrogens is 2. The average molecular weight is 181 g/mol. The van der Waals surface area contributed by atoms with Gasteiger partial charge in [-0.25, -0.2) is 4.99 Å². The summed E-state index contributed by atoms with van der Waals surface area (Å²) in [5, 5.41) is 6.61. The second-order valence-electron chi connectivity index (χ2n) is 2.62. The quantitative estimate of drug-likeness (QED) is 0.524. The fraction of sp³-hybridized carbons (Fsp3) is 0.500. The second kappa shape index (κ2) is 4.14. The van der Waals surface area contributed by atoms with Gasteiger partial charge in [-0.2, -0.15) is 5.10 Å². The minimum absolute atomic E-state index is 0.658. The molecule has 1 aromatic rings. The number of thiocarbonyl (C=S) groups is 1. The van der Waals surface area contributed by atoms with Crippen LogP contribution in [0.3, 0.4) is 0 Å². The molecule has 0 aromatic carbocycles. The minimum atomic E-state index is 0.658. The van der Waals surface area contributed by atoms with Gasteiger partial charge in [0.15, 0.2) is 0 Å². The fourth-order valence-corrected chi connectivity index (χ4v) is 1.18. The van der Waals surface area contributed by atoms with Crippen LogP contribution in [0.25, 0.3) is 0 Å². The predicted molar refractivity (Wildman–Crippen MR) is 51.6 cm³/mol. The van der Waals surface area contributed by atoms with Crippen LogP contribution in [0.15, 0.2) is 11.1 Å². The first-order chi connectivity index (χ1) is 5.74. The van der Waals surface area contributed by atoms with Crippen LogP contribution in [0.2, 0.25) is 0 Å². The van der Waals surface area contributed by atoms with Gasteiger partial charge in [-0.3, -0.25) is 4.68 Å². The third kappa shape index (κ3) is 2.26. The van der Waals surface area contributed by atoms with E-state index in [1.165, 1.54) is 0 Å². The summed E-state index contributed by atoms with van der Waals surface area (Å²) in [4.78, 5) is 3.82. The van der Waals surface area contributed by atoms with Crippen molar-refractivity contribution in [2.45, 2.75) is 20.4 Å². The molecule has 3 nitrogen and oxygen atoms in total. The molecule has 0 aliphatic rings. The maximum Gasteiger partial charge on any atom is 0.0689 e. The van der Waals surface area contributed by atoms with Gasteiger partial charge in [0.05, 0.1) is 23.9 Å². The lowest BCUT2D eigenvalue weighted by atomic mass is 10.4. The summed E-state index contributed by atoms with van der Waals surface area (Å²) >= 11 is 4.46. The lowest BCUT2D eigenvalue weighted by Gasteiger charge is -1.98. The molecule has 0 unspecified atom stereocenters. The molecule has 12 heavy (non-hydrogen) atoms. The molecule has 0 atom stereocenters. The topological polar surface area (TPSA) is 30.2 Å². The maximum absolute atomic E-state index is 4.46. The van der Waals surface area contributed by atoms with Crippen molar-refractivity contribution >= 4 is 17.4 Å². The summed E-state index contributed by atoms with van der Waals surface area (Å²) in [5.74, 6) is 0. The Kier molecular flexibility index (Phi) is 3.14. The third-order valence-electron chi connectivity index (χ3n) is 1.59. The Morgan fingerprint density at radius 1 is 1.67 bits per heavy atom. The molecule has 0 spiro atoms. The molecule has 1 heterocycles. The van der Waals surface area contributed by atoms with E-state index in [9.17, 15) is 0 Å². The standard InChI is InChI=1S/C8H11N3S/c1-7-5-8(2)11(10-7)4-3-9-6-12/h5H,3-4H2,1-2H3. The van der Waals surface area contributed by atoms with Gasteiger partial charge in [-0.05, 0) is 32.1 Å². The first-order valence-corrected chi connectivity index (χ1v) is 4.19. The number of hydrogen-bond acceptors (Lipinski definition) is 3. The molecule has 0 radical (unpaired) electrons. The molecule has 1 rings (SSSR count). The third-order valence-corrected chi connectivity index (χ3v) is 1.72. The lowest BCUT2D eigenvalue weighted by molar-refractivity contribution is 0.605. The normalized spacial score (nSPS) is 9.50. The second-order valence-corrected chi connectivity index (χ2v) is 2.81. The van der Waals surface area contributed by atoms with Crippen LogP contribution >= 0.6 is 12.2 Å². The number of nitrogens with zero attached hydrogens (tertiary/aromatic N) is 3. The number of aryl methyl sites for hydroxylation is 2. The highest BCUT2D eigenvalue weighted by Gasteiger charge is 1.98. The van der Waals surface area contributed by atoms with Crippen molar-refractivity contribution in [1.29, 1.82) is 0 Å². The molecule has 64 valence electrons. The van der Waals surface area contributed by atoms with Crippen LogP contribution in [-0.2, 0) is 6.54 Å². The fourth-order valence-electron chi connectivity index (χ4n) is 1.09. The smallest absolute Gasteiger partial charge is 0.0689 e. The van der Waals surface area contributed by atoms with Gasteiger partial charge in [0.2, 0.25) is 0 Å². The highest BCUT2D eigenvalue weighted by atomic mass is 32.1. The van der Waals surface area contributed by atoms with Gasteiger partial charge in [-0.15, -0.1) is 0 Å². The molecular formula is C8H11N3S. The molecule has 1 aromatic heterocycles. The monoisotopic (exact) mass is 181 g/mol. The molecule has 0 saturated heterocycles. The summed E-state index contributed by atoms with van der Waals surface area (Å²) in [6.07, 6.45) is 0. The van der Waals surface area contributed by atoms with Crippen molar-refractivity contribution in [2.75, 3.05) is 6.54 Å². The van der Waals surface area contributed by atoms with Crippen LogP contribution in [0.4, 0.5) is 0 Å². The van der Waals surface area contributed by atoms with Crippen LogP contribution in [0.1, 0.15) is 11.4 Å². The SMILES string of the molecule is Cc1cc(C)n(CCN=C=S)n1. The van der Waals surface area contributed by atoms with Gasteiger partial charge in [0, 0.05) is 5.69 Å². The Bertz CT molecular complexity index is 310. The molecular weight excluding hydrogens is 170 g/mol. The Balaban J connectivity index is 2.62. The van der Waals surface area contributed by atoms with Crippen molar-refractivity contribution < 1.29 is 0 Å². The zero-order valence-corrected chi connectivity index (χ0v) is 8.06. The minimum Gasteiger partial charge on any atom is -0.268 e. The number of aliphatic imine (C=N–C) groups is 1. The molecule has 0 bridgehead atoms. The summed E-state index contributed by atoms with van der Waals surface area (Å²) in [7, 11) is 0. The molecule has 0 N–H and O–H groups in total. The van der Waals surface area contributed by atoms with Crippen LogP contribution in [0.5, 0.6) is 0 Å². The van der Waals surface area contributed by atoms with Crippen LogP contribution < -0.4 is 0 Å². The predicted octanol–water partition coefficient (Wildman–Crippen LogP) is 1.60. The van der Waals surface area contributed by atoms with Gasteiger partial charge in [0.1, 0.15) is 0 Å². The molecule has 0 fully saturated rings. The first kappa shape index (κ1) is 9.10. The van der Waals surface area contributed by atoms with E-state index >= 15 is 0 Å². The van der Waals surface area contributed by atoms with E-state index in [0.29, 0.717) is 6.54 Å². The van der Waals surface area contributed by atoms with Crippen molar-refractivity contribution in [1.82, 2.24) is 9.78 Å². The van der Waals surface area contributed by atoms with Crippen molar-refractivity contribution in [2.24, 2.45) is 4.99 Å². The Hall–Kier alpha value is -0.990. The average Bonchev–Trinajstić information content (AvgIpc) is 2.31. The Morgan fingerprint density at radius 2 is 2.42 bits per heavy atom. The van der Waals surface area contributed by atoms with Crippen molar-refractivity contribution in [3.05, 3.63) is 17.5 Å². The van der Waals surface area contributed by atoms with Crippen LogP contribution in [0, 0.1) is 13.8 Å². The van der Waals surface area contributed by atoms with Gasteiger partial charge >= 0.3 is 0 Å². The van der Waals surface area contributed by atoms with E-state index in [2.05, 4.69) is 27.5 Å². The number of rotatable bonds is 3.